The fraction of sp³-hybridized carbons (Fsp3) is 0.350. The van der Waals surface area contributed by atoms with Crippen molar-refractivity contribution in [3.63, 3.8) is 0 Å². The highest BCUT2D eigenvalue weighted by atomic mass is 127. The van der Waals surface area contributed by atoms with E-state index in [1.54, 1.807) is 0 Å². The molecule has 0 aliphatic rings. The quantitative estimate of drug-likeness (QED) is 0.211. The fourth-order valence-electron chi connectivity index (χ4n) is 2.39. The summed E-state index contributed by atoms with van der Waals surface area (Å²) in [6.07, 6.45) is -0.0547. The number of aliphatic hydroxyl groups excluding tert-OH is 1. The zero-order chi connectivity index (χ0) is 19.5. The number of nitrogens with one attached hydrogen (secondary N) is 2. The molecule has 1 atom stereocenters. The van der Waals surface area contributed by atoms with Crippen LogP contribution in [0.15, 0.2) is 53.5 Å². The molecule has 2 aromatic carbocycles. The highest BCUT2D eigenvalue weighted by Gasteiger charge is 2.06. The Morgan fingerprint density at radius 3 is 2.54 bits per heavy atom. The number of aliphatic hydroxyl groups is 1. The Morgan fingerprint density at radius 1 is 1.11 bits per heavy atom. The lowest BCUT2D eigenvalue weighted by Gasteiger charge is -2.13. The van der Waals surface area contributed by atoms with Crippen LogP contribution in [-0.2, 0) is 0 Å². The van der Waals surface area contributed by atoms with Crippen LogP contribution < -0.4 is 15.4 Å². The molecular formula is C20H26F2IN3O2. The highest BCUT2D eigenvalue weighted by molar-refractivity contribution is 14.0. The van der Waals surface area contributed by atoms with Crippen molar-refractivity contribution in [3.8, 4) is 5.75 Å². The maximum absolute atomic E-state index is 13.1. The summed E-state index contributed by atoms with van der Waals surface area (Å²) >= 11 is 0. The third-order valence-corrected chi connectivity index (χ3v) is 3.76. The van der Waals surface area contributed by atoms with Crippen LogP contribution >= 0.6 is 24.0 Å². The largest absolute Gasteiger partial charge is 0.492 e. The van der Waals surface area contributed by atoms with Crippen LogP contribution in [0, 0.1) is 11.6 Å². The molecule has 0 bridgehead atoms. The van der Waals surface area contributed by atoms with Gasteiger partial charge in [0.15, 0.2) is 17.6 Å². The molecule has 0 saturated carbocycles. The SMILES string of the molecule is CCNC(=NCCC(O)c1ccccc1)NCCOc1ccc(F)c(F)c1.I. The molecule has 3 N–H and O–H groups in total. The number of guanidine groups is 1. The molecule has 0 spiro atoms. The summed E-state index contributed by atoms with van der Waals surface area (Å²) in [5.74, 6) is -0.970. The lowest BCUT2D eigenvalue weighted by atomic mass is 10.1. The molecule has 2 aromatic rings. The van der Waals surface area contributed by atoms with Gasteiger partial charge in [0.25, 0.3) is 0 Å². The lowest BCUT2D eigenvalue weighted by molar-refractivity contribution is 0.170. The van der Waals surface area contributed by atoms with E-state index in [9.17, 15) is 13.9 Å². The number of hydrogen-bond acceptors (Lipinski definition) is 3. The van der Waals surface area contributed by atoms with Gasteiger partial charge in [-0.1, -0.05) is 30.3 Å². The first-order valence-corrected chi connectivity index (χ1v) is 8.93. The summed E-state index contributed by atoms with van der Waals surface area (Å²) < 4.78 is 31.4. The third kappa shape index (κ3) is 8.39. The second-order valence-corrected chi connectivity index (χ2v) is 5.83. The highest BCUT2D eigenvalue weighted by Crippen LogP contribution is 2.16. The maximum Gasteiger partial charge on any atom is 0.191 e. The van der Waals surface area contributed by atoms with Crippen molar-refractivity contribution in [2.24, 2.45) is 4.99 Å². The van der Waals surface area contributed by atoms with Crippen molar-refractivity contribution in [1.82, 2.24) is 10.6 Å². The minimum Gasteiger partial charge on any atom is -0.492 e. The Kier molecular flexibility index (Phi) is 11.4. The molecule has 28 heavy (non-hydrogen) atoms. The molecule has 0 radical (unpaired) electrons. The van der Waals surface area contributed by atoms with Gasteiger partial charge in [0, 0.05) is 19.2 Å². The van der Waals surface area contributed by atoms with Crippen LogP contribution in [0.4, 0.5) is 8.78 Å². The molecule has 8 heteroatoms. The van der Waals surface area contributed by atoms with Crippen LogP contribution in [0.25, 0.3) is 0 Å². The number of benzene rings is 2. The topological polar surface area (TPSA) is 65.9 Å². The van der Waals surface area contributed by atoms with E-state index in [1.165, 1.54) is 6.07 Å². The average molecular weight is 505 g/mol. The summed E-state index contributed by atoms with van der Waals surface area (Å²) in [5.41, 5.74) is 0.866. The van der Waals surface area contributed by atoms with Gasteiger partial charge in [0.2, 0.25) is 0 Å². The predicted molar refractivity (Wildman–Crippen MR) is 117 cm³/mol. The zero-order valence-electron chi connectivity index (χ0n) is 15.7. The van der Waals surface area contributed by atoms with Crippen LogP contribution in [0.1, 0.15) is 25.0 Å². The Balaban J connectivity index is 0.00000392. The summed E-state index contributed by atoms with van der Waals surface area (Å²) in [7, 11) is 0. The Morgan fingerprint density at radius 2 is 1.86 bits per heavy atom. The van der Waals surface area contributed by atoms with Crippen LogP contribution in [0.5, 0.6) is 5.75 Å². The van der Waals surface area contributed by atoms with Crippen molar-refractivity contribution in [2.45, 2.75) is 19.4 Å². The number of halogens is 3. The molecule has 2 rings (SSSR count). The van der Waals surface area contributed by atoms with Gasteiger partial charge in [0.1, 0.15) is 12.4 Å². The second kappa shape index (κ2) is 13.3. The molecular weight excluding hydrogens is 479 g/mol. The number of hydrogen-bond donors (Lipinski definition) is 3. The van der Waals surface area contributed by atoms with Gasteiger partial charge in [-0.05, 0) is 31.0 Å². The Labute approximate surface area is 181 Å². The normalized spacial score (nSPS) is 12.1. The molecule has 0 aliphatic carbocycles. The predicted octanol–water partition coefficient (Wildman–Crippen LogP) is 3.64. The van der Waals surface area contributed by atoms with E-state index in [4.69, 9.17) is 4.74 Å². The summed E-state index contributed by atoms with van der Waals surface area (Å²) in [4.78, 5) is 4.42. The van der Waals surface area contributed by atoms with Gasteiger partial charge in [-0.25, -0.2) is 8.78 Å². The molecule has 0 heterocycles. The van der Waals surface area contributed by atoms with Gasteiger partial charge in [-0.2, -0.15) is 0 Å². The summed E-state index contributed by atoms with van der Waals surface area (Å²) in [5, 5.41) is 16.4. The van der Waals surface area contributed by atoms with Crippen molar-refractivity contribution >= 4 is 29.9 Å². The number of rotatable bonds is 9. The first-order chi connectivity index (χ1) is 13.1. The van der Waals surface area contributed by atoms with Gasteiger partial charge >= 0.3 is 0 Å². The average Bonchev–Trinajstić information content (AvgIpc) is 2.68. The van der Waals surface area contributed by atoms with Crippen molar-refractivity contribution < 1.29 is 18.6 Å². The fourth-order valence-corrected chi connectivity index (χ4v) is 2.39. The Bertz CT molecular complexity index is 733. The smallest absolute Gasteiger partial charge is 0.191 e. The lowest BCUT2D eigenvalue weighted by Crippen LogP contribution is -2.39. The first kappa shape index (κ1) is 24.1. The van der Waals surface area contributed by atoms with E-state index in [1.807, 2.05) is 37.3 Å². The maximum atomic E-state index is 13.1. The minimum absolute atomic E-state index is 0. The van der Waals surface area contributed by atoms with Gasteiger partial charge in [-0.15, -0.1) is 24.0 Å². The van der Waals surface area contributed by atoms with Gasteiger partial charge in [0.05, 0.1) is 12.6 Å². The van der Waals surface area contributed by atoms with E-state index in [0.717, 1.165) is 17.7 Å². The molecule has 1 unspecified atom stereocenters. The van der Waals surface area contributed by atoms with Crippen LogP contribution in [0.2, 0.25) is 0 Å². The van der Waals surface area contributed by atoms with E-state index in [2.05, 4.69) is 15.6 Å². The van der Waals surface area contributed by atoms with Crippen molar-refractivity contribution in [2.75, 3.05) is 26.2 Å². The van der Waals surface area contributed by atoms with Gasteiger partial charge in [-0.3, -0.25) is 4.99 Å². The first-order valence-electron chi connectivity index (χ1n) is 8.93. The summed E-state index contributed by atoms with van der Waals surface area (Å²) in [6.45, 7) is 3.80. The second-order valence-electron chi connectivity index (χ2n) is 5.83. The molecule has 0 amide bonds. The van der Waals surface area contributed by atoms with Crippen molar-refractivity contribution in [1.29, 1.82) is 0 Å². The van der Waals surface area contributed by atoms with Gasteiger partial charge < -0.3 is 20.5 Å². The van der Waals surface area contributed by atoms with E-state index in [0.29, 0.717) is 32.0 Å². The molecule has 0 fully saturated rings. The standard InChI is InChI=1S/C20H25F2N3O2.HI/c1-2-23-20(24-11-10-19(26)15-6-4-3-5-7-15)25-12-13-27-16-8-9-17(21)18(22)14-16;/h3-9,14,19,26H,2,10-13H2,1H3,(H2,23,24,25);1H. The molecule has 0 aromatic heterocycles. The molecule has 0 aliphatic heterocycles. The molecule has 154 valence electrons. The Hall–Kier alpha value is -1.94. The van der Waals surface area contributed by atoms with E-state index in [-0.39, 0.29) is 36.3 Å². The van der Waals surface area contributed by atoms with E-state index < -0.39 is 17.7 Å². The van der Waals surface area contributed by atoms with E-state index >= 15 is 0 Å². The van der Waals surface area contributed by atoms with Crippen LogP contribution in [0.3, 0.4) is 0 Å². The minimum atomic E-state index is -0.938. The monoisotopic (exact) mass is 505 g/mol. The number of aliphatic imine (C=N–C) groups is 1. The third-order valence-electron chi connectivity index (χ3n) is 3.76. The van der Waals surface area contributed by atoms with Crippen molar-refractivity contribution in [3.05, 3.63) is 65.7 Å². The molecule has 5 nitrogen and oxygen atoms in total. The molecule has 0 saturated heterocycles. The zero-order valence-corrected chi connectivity index (χ0v) is 18.0. The number of nitrogens with zero attached hydrogens (tertiary/aromatic N) is 1. The number of ether oxygens (including phenoxy) is 1. The van der Waals surface area contributed by atoms with Crippen LogP contribution in [-0.4, -0.2) is 37.3 Å². The summed E-state index contributed by atoms with van der Waals surface area (Å²) in [6, 6.07) is 12.9.